The monoisotopic (exact) mass is 352 g/mol. The van der Waals surface area contributed by atoms with Gasteiger partial charge in [-0.25, -0.2) is 4.98 Å². The summed E-state index contributed by atoms with van der Waals surface area (Å²) >= 11 is 5.26. The third kappa shape index (κ3) is 3.05. The molecule has 2 heterocycles. The first-order valence-electron chi connectivity index (χ1n) is 6.79. The van der Waals surface area contributed by atoms with Crippen LogP contribution >= 0.6 is 27.3 Å². The van der Waals surface area contributed by atoms with Crippen LogP contribution in [0.2, 0.25) is 0 Å². The Morgan fingerprint density at radius 1 is 1.55 bits per heavy atom. The zero-order valence-electron chi connectivity index (χ0n) is 11.3. The fourth-order valence-corrected chi connectivity index (χ4v) is 3.54. The molecule has 0 saturated heterocycles. The maximum atomic E-state index is 5.72. The van der Waals surface area contributed by atoms with Gasteiger partial charge in [-0.15, -0.1) is 11.3 Å². The summed E-state index contributed by atoms with van der Waals surface area (Å²) in [5.74, 6) is 1.44. The van der Waals surface area contributed by atoms with Gasteiger partial charge in [0.2, 0.25) is 0 Å². The van der Waals surface area contributed by atoms with Crippen molar-refractivity contribution in [3.8, 4) is 5.75 Å². The molecule has 0 bridgehead atoms. The lowest BCUT2D eigenvalue weighted by Crippen LogP contribution is -2.29. The number of hydrogen-bond acceptors (Lipinski definition) is 4. The van der Waals surface area contributed by atoms with Gasteiger partial charge in [-0.2, -0.15) is 0 Å². The molecule has 1 aliphatic rings. The highest BCUT2D eigenvalue weighted by Crippen LogP contribution is 2.34. The number of rotatable bonds is 4. The van der Waals surface area contributed by atoms with Crippen molar-refractivity contribution in [3.05, 3.63) is 44.8 Å². The average Bonchev–Trinajstić information content (AvgIpc) is 2.99. The molecule has 2 atom stereocenters. The molecule has 1 aromatic carbocycles. The Morgan fingerprint density at radius 3 is 3.25 bits per heavy atom. The molecule has 0 spiro atoms. The van der Waals surface area contributed by atoms with E-state index < -0.39 is 0 Å². The van der Waals surface area contributed by atoms with Gasteiger partial charge in [-0.3, -0.25) is 0 Å². The van der Waals surface area contributed by atoms with Crippen LogP contribution in [0.4, 0.5) is 0 Å². The number of hydrogen-bond donors (Lipinski definition) is 1. The minimum Gasteiger partial charge on any atom is -0.493 e. The van der Waals surface area contributed by atoms with Crippen LogP contribution in [-0.2, 0) is 0 Å². The van der Waals surface area contributed by atoms with Gasteiger partial charge in [0, 0.05) is 46.5 Å². The summed E-state index contributed by atoms with van der Waals surface area (Å²) in [4.78, 5) is 4.38. The first kappa shape index (κ1) is 14.0. The summed E-state index contributed by atoms with van der Waals surface area (Å²) in [7, 11) is 0. The van der Waals surface area contributed by atoms with Crippen LogP contribution in [-0.4, -0.2) is 18.1 Å². The van der Waals surface area contributed by atoms with Crippen molar-refractivity contribution in [2.75, 3.05) is 13.2 Å². The Hall–Kier alpha value is -0.910. The van der Waals surface area contributed by atoms with Crippen molar-refractivity contribution in [3.63, 3.8) is 0 Å². The normalized spacial score (nSPS) is 19.2. The van der Waals surface area contributed by atoms with E-state index in [1.165, 1.54) is 10.6 Å². The molecule has 2 unspecified atom stereocenters. The summed E-state index contributed by atoms with van der Waals surface area (Å²) in [5.41, 5.74) is 1.25. The third-order valence-electron chi connectivity index (χ3n) is 3.55. The fourth-order valence-electron chi connectivity index (χ4n) is 2.46. The molecule has 3 rings (SSSR count). The molecule has 2 aromatic rings. The third-order valence-corrected chi connectivity index (χ3v) is 5.06. The van der Waals surface area contributed by atoms with Crippen molar-refractivity contribution in [1.82, 2.24) is 10.3 Å². The number of halogens is 1. The van der Waals surface area contributed by atoms with E-state index >= 15 is 0 Å². The molecular weight excluding hydrogens is 336 g/mol. The number of benzene rings is 1. The largest absolute Gasteiger partial charge is 0.493 e. The quantitative estimate of drug-likeness (QED) is 0.898. The molecule has 20 heavy (non-hydrogen) atoms. The molecule has 0 fully saturated rings. The lowest BCUT2D eigenvalue weighted by Gasteiger charge is -2.28. The van der Waals surface area contributed by atoms with E-state index in [4.69, 9.17) is 4.74 Å². The summed E-state index contributed by atoms with van der Waals surface area (Å²) in [6.07, 6.45) is 2.88. The summed E-state index contributed by atoms with van der Waals surface area (Å²) in [6.45, 7) is 3.93. The van der Waals surface area contributed by atoms with Crippen LogP contribution in [0.15, 0.2) is 34.2 Å². The van der Waals surface area contributed by atoms with Crippen molar-refractivity contribution >= 4 is 27.3 Å². The maximum absolute atomic E-state index is 5.72. The molecule has 1 aromatic heterocycles. The molecule has 106 valence electrons. The lowest BCUT2D eigenvalue weighted by atomic mass is 10.00. The van der Waals surface area contributed by atoms with Crippen molar-refractivity contribution < 1.29 is 4.74 Å². The first-order valence-corrected chi connectivity index (χ1v) is 8.46. The van der Waals surface area contributed by atoms with Gasteiger partial charge in [-0.05, 0) is 18.2 Å². The molecular formula is C15H17BrN2OS. The van der Waals surface area contributed by atoms with Gasteiger partial charge < -0.3 is 10.1 Å². The number of ether oxygens (including phenoxy) is 1. The van der Waals surface area contributed by atoms with Gasteiger partial charge in [0.15, 0.2) is 0 Å². The van der Waals surface area contributed by atoms with Crippen LogP contribution in [0.1, 0.15) is 35.9 Å². The SMILES string of the molecule is CC(CNC1CCOc2ccc(Br)cc21)c1nccs1. The van der Waals surface area contributed by atoms with E-state index in [0.29, 0.717) is 12.0 Å². The van der Waals surface area contributed by atoms with Gasteiger partial charge in [0.1, 0.15) is 5.75 Å². The van der Waals surface area contributed by atoms with E-state index in [1.807, 2.05) is 23.7 Å². The predicted molar refractivity (Wildman–Crippen MR) is 85.5 cm³/mol. The minimum atomic E-state index is 0.360. The van der Waals surface area contributed by atoms with Crippen LogP contribution in [0.3, 0.4) is 0 Å². The molecule has 1 N–H and O–H groups in total. The summed E-state index contributed by atoms with van der Waals surface area (Å²) < 4.78 is 6.82. The molecule has 0 aliphatic carbocycles. The zero-order valence-corrected chi connectivity index (χ0v) is 13.7. The number of aromatic nitrogens is 1. The summed E-state index contributed by atoms with van der Waals surface area (Å²) in [6, 6.07) is 6.58. The lowest BCUT2D eigenvalue weighted by molar-refractivity contribution is 0.251. The highest BCUT2D eigenvalue weighted by molar-refractivity contribution is 9.10. The second-order valence-electron chi connectivity index (χ2n) is 5.05. The topological polar surface area (TPSA) is 34.1 Å². The molecule has 5 heteroatoms. The maximum Gasteiger partial charge on any atom is 0.124 e. The average molecular weight is 353 g/mol. The van der Waals surface area contributed by atoms with E-state index in [9.17, 15) is 0 Å². The van der Waals surface area contributed by atoms with Crippen molar-refractivity contribution in [2.45, 2.75) is 25.3 Å². The highest BCUT2D eigenvalue weighted by atomic mass is 79.9. The van der Waals surface area contributed by atoms with Crippen LogP contribution < -0.4 is 10.1 Å². The Bertz CT molecular complexity index is 573. The Kier molecular flexibility index (Phi) is 4.38. The highest BCUT2D eigenvalue weighted by Gasteiger charge is 2.22. The van der Waals surface area contributed by atoms with Gasteiger partial charge in [0.25, 0.3) is 0 Å². The standard InChI is InChI=1S/C15H17BrN2OS/c1-10(15-17-5-7-20-15)9-18-13-4-6-19-14-3-2-11(16)8-12(13)14/h2-3,5,7-8,10,13,18H,4,6,9H2,1H3. The van der Waals surface area contributed by atoms with Gasteiger partial charge >= 0.3 is 0 Å². The van der Waals surface area contributed by atoms with E-state index in [2.05, 4.69) is 39.2 Å². The fraction of sp³-hybridized carbons (Fsp3) is 0.400. The number of nitrogens with one attached hydrogen (secondary N) is 1. The molecule has 0 radical (unpaired) electrons. The predicted octanol–water partition coefficient (Wildman–Crippen LogP) is 4.12. The zero-order chi connectivity index (χ0) is 13.9. The van der Waals surface area contributed by atoms with Gasteiger partial charge in [-0.1, -0.05) is 22.9 Å². The molecule has 0 amide bonds. The van der Waals surface area contributed by atoms with E-state index in [-0.39, 0.29) is 0 Å². The second kappa shape index (κ2) is 6.24. The number of fused-ring (bicyclic) bond motifs is 1. The van der Waals surface area contributed by atoms with E-state index in [1.54, 1.807) is 11.3 Å². The molecule has 3 nitrogen and oxygen atoms in total. The molecule has 0 saturated carbocycles. The Labute approximate surface area is 131 Å². The first-order chi connectivity index (χ1) is 9.74. The van der Waals surface area contributed by atoms with Crippen molar-refractivity contribution in [1.29, 1.82) is 0 Å². The molecule has 1 aliphatic heterocycles. The Morgan fingerprint density at radius 2 is 2.45 bits per heavy atom. The second-order valence-corrected chi connectivity index (χ2v) is 6.89. The van der Waals surface area contributed by atoms with Gasteiger partial charge in [0.05, 0.1) is 11.6 Å². The smallest absolute Gasteiger partial charge is 0.124 e. The van der Waals surface area contributed by atoms with Crippen LogP contribution in [0.25, 0.3) is 0 Å². The van der Waals surface area contributed by atoms with Crippen molar-refractivity contribution in [2.24, 2.45) is 0 Å². The summed E-state index contributed by atoms with van der Waals surface area (Å²) in [5, 5.41) is 6.89. The van der Waals surface area contributed by atoms with Crippen LogP contribution in [0, 0.1) is 0 Å². The van der Waals surface area contributed by atoms with Crippen LogP contribution in [0.5, 0.6) is 5.75 Å². The van der Waals surface area contributed by atoms with E-state index in [0.717, 1.165) is 29.8 Å². The minimum absolute atomic E-state index is 0.360. The Balaban J connectivity index is 1.69. The number of thiazole rings is 1. The number of nitrogens with zero attached hydrogens (tertiary/aromatic N) is 1.